The number of para-hydroxylation sites is 1. The summed E-state index contributed by atoms with van der Waals surface area (Å²) in [6.07, 6.45) is 0.240. The van der Waals surface area contributed by atoms with Gasteiger partial charge in [0.25, 0.3) is 0 Å². The number of carbonyl (C=O) groups excluding carboxylic acids is 2. The smallest absolute Gasteiger partial charge is 0.243 e. The fraction of sp³-hybridized carbons (Fsp3) is 0.300. The Hall–Kier alpha value is -2.66. The first-order valence-electron chi connectivity index (χ1n) is 8.25. The molecule has 0 unspecified atom stereocenters. The summed E-state index contributed by atoms with van der Waals surface area (Å²) in [7, 11) is 0. The molecule has 0 spiro atoms. The molecule has 0 heterocycles. The van der Waals surface area contributed by atoms with Crippen molar-refractivity contribution in [3.05, 3.63) is 65.2 Å². The second-order valence-electron chi connectivity index (χ2n) is 5.76. The lowest BCUT2D eigenvalue weighted by atomic mass is 10.0. The molecule has 0 bridgehead atoms. The molecule has 0 aliphatic carbocycles. The maximum absolute atomic E-state index is 12.1. The summed E-state index contributed by atoms with van der Waals surface area (Å²) in [5, 5.41) is 0. The largest absolute Gasteiger partial charge is 0.491 e. The molecular weight excluding hydrogens is 318 g/mol. The maximum Gasteiger partial charge on any atom is 0.243 e. The van der Waals surface area contributed by atoms with E-state index in [4.69, 9.17) is 9.57 Å². The molecule has 0 radical (unpaired) electrons. The number of aryl methyl sites for hydroxylation is 2. The van der Waals surface area contributed by atoms with Crippen molar-refractivity contribution in [2.24, 2.45) is 0 Å². The van der Waals surface area contributed by atoms with E-state index in [1.54, 1.807) is 6.07 Å². The van der Waals surface area contributed by atoms with E-state index >= 15 is 0 Å². The SMILES string of the molecule is Cc1ccc(C(=O)CCC(=O)NOCCOc2ccccc2)cc1C. The van der Waals surface area contributed by atoms with Gasteiger partial charge in [-0.2, -0.15) is 0 Å². The summed E-state index contributed by atoms with van der Waals surface area (Å²) in [4.78, 5) is 28.9. The minimum absolute atomic E-state index is 0.0503. The van der Waals surface area contributed by atoms with Gasteiger partial charge in [0.05, 0.1) is 0 Å². The first kappa shape index (κ1) is 18.7. The molecule has 2 rings (SSSR count). The molecule has 25 heavy (non-hydrogen) atoms. The molecule has 2 aromatic rings. The molecule has 0 saturated carbocycles. The third kappa shape index (κ3) is 6.39. The van der Waals surface area contributed by atoms with Gasteiger partial charge in [-0.05, 0) is 43.2 Å². The van der Waals surface area contributed by atoms with Crippen LogP contribution in [0.2, 0.25) is 0 Å². The molecule has 1 N–H and O–H groups in total. The molecule has 0 aliphatic heterocycles. The van der Waals surface area contributed by atoms with Gasteiger partial charge in [0.15, 0.2) is 5.78 Å². The van der Waals surface area contributed by atoms with Crippen LogP contribution < -0.4 is 10.2 Å². The van der Waals surface area contributed by atoms with Crippen molar-refractivity contribution in [1.82, 2.24) is 5.48 Å². The van der Waals surface area contributed by atoms with Gasteiger partial charge in [-0.3, -0.25) is 14.4 Å². The van der Waals surface area contributed by atoms with E-state index in [2.05, 4.69) is 5.48 Å². The van der Waals surface area contributed by atoms with Gasteiger partial charge in [0, 0.05) is 18.4 Å². The minimum atomic E-state index is -0.322. The average Bonchev–Trinajstić information content (AvgIpc) is 2.62. The van der Waals surface area contributed by atoms with Crippen LogP contribution in [-0.2, 0) is 9.63 Å². The highest BCUT2D eigenvalue weighted by Crippen LogP contribution is 2.12. The minimum Gasteiger partial charge on any atom is -0.491 e. The maximum atomic E-state index is 12.1. The van der Waals surface area contributed by atoms with Crippen molar-refractivity contribution in [1.29, 1.82) is 0 Å². The zero-order valence-electron chi connectivity index (χ0n) is 14.6. The molecule has 132 valence electrons. The van der Waals surface area contributed by atoms with E-state index in [0.29, 0.717) is 12.2 Å². The molecule has 0 aromatic heterocycles. The third-order valence-electron chi connectivity index (χ3n) is 3.79. The zero-order valence-corrected chi connectivity index (χ0v) is 14.6. The topological polar surface area (TPSA) is 64.6 Å². The molecule has 5 heteroatoms. The Morgan fingerprint density at radius 1 is 0.920 bits per heavy atom. The van der Waals surface area contributed by atoms with Crippen LogP contribution in [0.15, 0.2) is 48.5 Å². The quantitative estimate of drug-likeness (QED) is 0.431. The molecule has 2 aromatic carbocycles. The van der Waals surface area contributed by atoms with Gasteiger partial charge in [-0.25, -0.2) is 5.48 Å². The van der Waals surface area contributed by atoms with Crippen molar-refractivity contribution >= 4 is 11.7 Å². The highest BCUT2D eigenvalue weighted by Gasteiger charge is 2.10. The van der Waals surface area contributed by atoms with E-state index in [1.807, 2.05) is 56.3 Å². The van der Waals surface area contributed by atoms with Crippen LogP contribution in [0, 0.1) is 13.8 Å². The highest BCUT2D eigenvalue weighted by atomic mass is 16.7. The van der Waals surface area contributed by atoms with Crippen LogP contribution >= 0.6 is 0 Å². The Labute approximate surface area is 147 Å². The summed E-state index contributed by atoms with van der Waals surface area (Å²) in [5.41, 5.74) is 5.16. The number of rotatable bonds is 9. The van der Waals surface area contributed by atoms with Crippen LogP contribution in [0.5, 0.6) is 5.75 Å². The number of hydrogen-bond acceptors (Lipinski definition) is 4. The predicted octanol–water partition coefficient (Wildman–Crippen LogP) is 3.39. The number of ketones is 1. The Morgan fingerprint density at radius 2 is 1.68 bits per heavy atom. The lowest BCUT2D eigenvalue weighted by Gasteiger charge is -2.08. The van der Waals surface area contributed by atoms with Crippen LogP contribution in [0.25, 0.3) is 0 Å². The molecule has 0 fully saturated rings. The summed E-state index contributed by atoms with van der Waals surface area (Å²) < 4.78 is 5.43. The van der Waals surface area contributed by atoms with Crippen molar-refractivity contribution < 1.29 is 19.2 Å². The predicted molar refractivity (Wildman–Crippen MR) is 95.5 cm³/mol. The van der Waals surface area contributed by atoms with E-state index in [1.165, 1.54) is 0 Å². The Morgan fingerprint density at radius 3 is 2.40 bits per heavy atom. The molecule has 1 amide bonds. The molecular formula is C20H23NO4. The van der Waals surface area contributed by atoms with Crippen LogP contribution in [0.4, 0.5) is 0 Å². The summed E-state index contributed by atoms with van der Waals surface area (Å²) in [5.74, 6) is 0.374. The van der Waals surface area contributed by atoms with Gasteiger partial charge < -0.3 is 4.74 Å². The van der Waals surface area contributed by atoms with Crippen LogP contribution in [-0.4, -0.2) is 24.9 Å². The molecule has 5 nitrogen and oxygen atoms in total. The first-order valence-corrected chi connectivity index (χ1v) is 8.25. The monoisotopic (exact) mass is 341 g/mol. The Kier molecular flexibility index (Phi) is 7.16. The average molecular weight is 341 g/mol. The van der Waals surface area contributed by atoms with Crippen molar-refractivity contribution in [2.75, 3.05) is 13.2 Å². The third-order valence-corrected chi connectivity index (χ3v) is 3.79. The van der Waals surface area contributed by atoms with Crippen LogP contribution in [0.1, 0.15) is 34.3 Å². The fourth-order valence-electron chi connectivity index (χ4n) is 2.19. The molecule has 0 aliphatic rings. The van der Waals surface area contributed by atoms with E-state index in [-0.39, 0.29) is 31.1 Å². The van der Waals surface area contributed by atoms with Gasteiger partial charge >= 0.3 is 0 Å². The fourth-order valence-corrected chi connectivity index (χ4v) is 2.19. The van der Waals surface area contributed by atoms with E-state index in [0.717, 1.165) is 16.9 Å². The normalized spacial score (nSPS) is 10.3. The zero-order chi connectivity index (χ0) is 18.1. The number of hydroxylamine groups is 1. The van der Waals surface area contributed by atoms with Gasteiger partial charge in [0.2, 0.25) is 5.91 Å². The van der Waals surface area contributed by atoms with Crippen molar-refractivity contribution in [3.8, 4) is 5.75 Å². The number of benzene rings is 2. The van der Waals surface area contributed by atoms with Crippen LogP contribution in [0.3, 0.4) is 0 Å². The Balaban J connectivity index is 1.61. The second kappa shape index (κ2) is 9.59. The van der Waals surface area contributed by atoms with Crippen molar-refractivity contribution in [3.63, 3.8) is 0 Å². The number of amides is 1. The van der Waals surface area contributed by atoms with Gasteiger partial charge in [0.1, 0.15) is 19.0 Å². The second-order valence-corrected chi connectivity index (χ2v) is 5.76. The lowest BCUT2D eigenvalue weighted by Crippen LogP contribution is -2.26. The van der Waals surface area contributed by atoms with Gasteiger partial charge in [-0.15, -0.1) is 0 Å². The van der Waals surface area contributed by atoms with E-state index in [9.17, 15) is 9.59 Å². The number of ether oxygens (including phenoxy) is 1. The number of nitrogens with one attached hydrogen (secondary N) is 1. The first-order chi connectivity index (χ1) is 12.1. The number of Topliss-reactive ketones (excluding diaryl/α,β-unsaturated/α-hetero) is 1. The van der Waals surface area contributed by atoms with Gasteiger partial charge in [-0.1, -0.05) is 30.3 Å². The van der Waals surface area contributed by atoms with E-state index < -0.39 is 0 Å². The molecule has 0 saturated heterocycles. The van der Waals surface area contributed by atoms with Crippen molar-refractivity contribution in [2.45, 2.75) is 26.7 Å². The summed E-state index contributed by atoms with van der Waals surface area (Å²) in [6.45, 7) is 4.51. The Bertz CT molecular complexity index is 713. The number of hydrogen-bond donors (Lipinski definition) is 1. The standard InChI is InChI=1S/C20H23NO4/c1-15-8-9-17(14-16(15)2)19(22)10-11-20(23)21-25-13-12-24-18-6-4-3-5-7-18/h3-9,14H,10-13H2,1-2H3,(H,21,23). The summed E-state index contributed by atoms with van der Waals surface area (Å²) >= 11 is 0. The highest BCUT2D eigenvalue weighted by molar-refractivity contribution is 5.98. The lowest BCUT2D eigenvalue weighted by molar-refractivity contribution is -0.134. The summed E-state index contributed by atoms with van der Waals surface area (Å²) in [6, 6.07) is 14.9. The molecule has 0 atom stereocenters. The number of carbonyl (C=O) groups is 2.